The molecular weight excluding hydrogens is 391 g/mol. The van der Waals surface area contributed by atoms with Crippen molar-refractivity contribution in [2.45, 2.75) is 58.5 Å². The first-order chi connectivity index (χ1) is 15.1. The van der Waals surface area contributed by atoms with E-state index in [2.05, 4.69) is 29.9 Å². The number of halogens is 1. The Balaban J connectivity index is 1.53. The van der Waals surface area contributed by atoms with Crippen LogP contribution in [0.4, 0.5) is 4.39 Å². The van der Waals surface area contributed by atoms with Crippen LogP contribution in [0.25, 0.3) is 28.1 Å². The van der Waals surface area contributed by atoms with E-state index in [-0.39, 0.29) is 5.75 Å². The summed E-state index contributed by atoms with van der Waals surface area (Å²) >= 11 is 0. The Kier molecular flexibility index (Phi) is 8.53. The second kappa shape index (κ2) is 11.6. The lowest BCUT2D eigenvalue weighted by Gasteiger charge is -2.11. The van der Waals surface area contributed by atoms with Gasteiger partial charge in [-0.3, -0.25) is 0 Å². The van der Waals surface area contributed by atoms with Crippen LogP contribution in [-0.2, 0) is 4.74 Å². The lowest BCUT2D eigenvalue weighted by Crippen LogP contribution is -2.08. The van der Waals surface area contributed by atoms with Gasteiger partial charge in [-0.05, 0) is 74.1 Å². The average molecular weight is 423 g/mol. The number of hydrogen-bond donors (Lipinski definition) is 1. The van der Waals surface area contributed by atoms with Gasteiger partial charge in [0.2, 0.25) is 0 Å². The number of aromatic nitrogens is 2. The number of fused-ring (bicyclic) bond motifs is 1. The molecule has 0 aliphatic rings. The Morgan fingerprint density at radius 1 is 1.10 bits per heavy atom. The van der Waals surface area contributed by atoms with E-state index in [0.717, 1.165) is 48.8 Å². The molecule has 0 aliphatic carbocycles. The van der Waals surface area contributed by atoms with Crippen molar-refractivity contribution in [3.63, 3.8) is 0 Å². The molecule has 31 heavy (non-hydrogen) atoms. The maximum absolute atomic E-state index is 13.6. The fourth-order valence-corrected chi connectivity index (χ4v) is 3.43. The van der Waals surface area contributed by atoms with Crippen LogP contribution in [0, 0.1) is 5.82 Å². The number of rotatable bonds is 11. The van der Waals surface area contributed by atoms with Crippen LogP contribution in [0.15, 0.2) is 48.7 Å². The second-order valence-electron chi connectivity index (χ2n) is 7.89. The minimum Gasteiger partial charge on any atom is -0.505 e. The van der Waals surface area contributed by atoms with E-state index >= 15 is 0 Å². The molecule has 3 aromatic rings. The summed E-state index contributed by atoms with van der Waals surface area (Å²) in [6.45, 7) is 5.20. The Morgan fingerprint density at radius 3 is 2.71 bits per heavy atom. The molecule has 3 rings (SSSR count). The summed E-state index contributed by atoms with van der Waals surface area (Å²) in [5, 5.41) is 10.3. The molecule has 1 atom stereocenters. The zero-order valence-corrected chi connectivity index (χ0v) is 18.4. The van der Waals surface area contributed by atoms with E-state index in [4.69, 9.17) is 4.74 Å². The summed E-state index contributed by atoms with van der Waals surface area (Å²) in [7, 11) is 0. The standard InChI is InChI=1S/C26H31FN2O2/c1-3-4-8-15-31-19(2)9-6-5-7-10-26-28-18-22-16-20(11-13-24(22)29-26)21-12-14-25(30)23(27)17-21/h7,10-14,16-19,30H,3-6,8-9,15H2,1-2H3. The Hall–Kier alpha value is -2.79. The molecule has 1 aromatic heterocycles. The first-order valence-corrected chi connectivity index (χ1v) is 11.1. The zero-order valence-electron chi connectivity index (χ0n) is 18.4. The van der Waals surface area contributed by atoms with E-state index < -0.39 is 5.82 Å². The fraction of sp³-hybridized carbons (Fsp3) is 0.385. The first-order valence-electron chi connectivity index (χ1n) is 11.1. The molecule has 1 unspecified atom stereocenters. The van der Waals surface area contributed by atoms with Crippen LogP contribution in [0.5, 0.6) is 5.75 Å². The number of nitrogens with zero attached hydrogens (tertiary/aromatic N) is 2. The van der Waals surface area contributed by atoms with Crippen LogP contribution in [0.1, 0.15) is 58.2 Å². The van der Waals surface area contributed by atoms with Crippen LogP contribution in [0.3, 0.4) is 0 Å². The number of benzene rings is 2. The van der Waals surface area contributed by atoms with Crippen molar-refractivity contribution in [3.05, 3.63) is 60.3 Å². The van der Waals surface area contributed by atoms with E-state index in [9.17, 15) is 9.50 Å². The van der Waals surface area contributed by atoms with E-state index in [1.807, 2.05) is 24.3 Å². The van der Waals surface area contributed by atoms with Gasteiger partial charge in [0.1, 0.15) is 0 Å². The number of phenols is 1. The van der Waals surface area contributed by atoms with Crippen molar-refractivity contribution in [3.8, 4) is 16.9 Å². The average Bonchev–Trinajstić information content (AvgIpc) is 2.78. The van der Waals surface area contributed by atoms with Crippen molar-refractivity contribution in [1.82, 2.24) is 9.97 Å². The summed E-state index contributed by atoms with van der Waals surface area (Å²) in [6.07, 6.45) is 12.8. The van der Waals surface area contributed by atoms with Gasteiger partial charge in [-0.25, -0.2) is 14.4 Å². The highest BCUT2D eigenvalue weighted by Crippen LogP contribution is 2.27. The highest BCUT2D eigenvalue weighted by atomic mass is 19.1. The molecule has 0 fully saturated rings. The molecule has 0 bridgehead atoms. The van der Waals surface area contributed by atoms with Gasteiger partial charge in [0.15, 0.2) is 17.4 Å². The smallest absolute Gasteiger partial charge is 0.165 e. The van der Waals surface area contributed by atoms with Gasteiger partial charge >= 0.3 is 0 Å². The largest absolute Gasteiger partial charge is 0.505 e. The number of phenolic OH excluding ortho intramolecular Hbond substituents is 1. The fourth-order valence-electron chi connectivity index (χ4n) is 3.43. The maximum atomic E-state index is 13.6. The molecule has 5 heteroatoms. The topological polar surface area (TPSA) is 55.2 Å². The summed E-state index contributed by atoms with van der Waals surface area (Å²) in [5.74, 6) is -0.301. The normalized spacial score (nSPS) is 12.6. The second-order valence-corrected chi connectivity index (χ2v) is 7.89. The van der Waals surface area contributed by atoms with Crippen LogP contribution < -0.4 is 0 Å². The van der Waals surface area contributed by atoms with E-state index in [0.29, 0.717) is 17.5 Å². The number of ether oxygens (including phenoxy) is 1. The van der Waals surface area contributed by atoms with Crippen molar-refractivity contribution in [1.29, 1.82) is 0 Å². The van der Waals surface area contributed by atoms with Gasteiger partial charge < -0.3 is 9.84 Å². The maximum Gasteiger partial charge on any atom is 0.165 e. The van der Waals surface area contributed by atoms with Gasteiger partial charge in [0, 0.05) is 18.2 Å². The number of hydrogen-bond acceptors (Lipinski definition) is 4. The molecule has 0 spiro atoms. The highest BCUT2D eigenvalue weighted by Gasteiger charge is 2.06. The van der Waals surface area contributed by atoms with Crippen LogP contribution in [0.2, 0.25) is 0 Å². The van der Waals surface area contributed by atoms with Crippen molar-refractivity contribution < 1.29 is 14.2 Å². The molecule has 164 valence electrons. The molecule has 0 saturated heterocycles. The zero-order chi connectivity index (χ0) is 22.1. The molecule has 2 aromatic carbocycles. The van der Waals surface area contributed by atoms with Crippen LogP contribution >= 0.6 is 0 Å². The van der Waals surface area contributed by atoms with Gasteiger partial charge in [-0.1, -0.05) is 38.0 Å². The number of allylic oxidation sites excluding steroid dienone is 1. The van der Waals surface area contributed by atoms with Crippen molar-refractivity contribution >= 4 is 17.0 Å². The predicted molar refractivity (Wildman–Crippen MR) is 124 cm³/mol. The minimum atomic E-state index is -0.633. The molecule has 1 heterocycles. The SMILES string of the molecule is CCCCCOC(C)CCCC=Cc1ncc2cc(-c3ccc(O)c(F)c3)ccc2n1. The third-order valence-electron chi connectivity index (χ3n) is 5.28. The number of unbranched alkanes of at least 4 members (excludes halogenated alkanes) is 3. The summed E-state index contributed by atoms with van der Waals surface area (Å²) in [6, 6.07) is 10.1. The van der Waals surface area contributed by atoms with Gasteiger partial charge in [-0.2, -0.15) is 0 Å². The lowest BCUT2D eigenvalue weighted by molar-refractivity contribution is 0.0566. The quantitative estimate of drug-likeness (QED) is 0.341. The molecule has 0 aliphatic heterocycles. The van der Waals surface area contributed by atoms with Gasteiger partial charge in [0.05, 0.1) is 11.6 Å². The molecule has 0 saturated carbocycles. The predicted octanol–water partition coefficient (Wildman–Crippen LogP) is 6.92. The molecule has 0 radical (unpaired) electrons. The Morgan fingerprint density at radius 2 is 1.90 bits per heavy atom. The van der Waals surface area contributed by atoms with E-state index in [1.165, 1.54) is 25.0 Å². The van der Waals surface area contributed by atoms with Crippen molar-refractivity contribution in [2.75, 3.05) is 6.61 Å². The Bertz CT molecular complexity index is 1020. The number of aromatic hydroxyl groups is 1. The van der Waals surface area contributed by atoms with Gasteiger partial charge in [0.25, 0.3) is 0 Å². The lowest BCUT2D eigenvalue weighted by atomic mass is 10.0. The Labute approximate surface area is 183 Å². The summed E-state index contributed by atoms with van der Waals surface area (Å²) < 4.78 is 19.5. The minimum absolute atomic E-state index is 0.304. The van der Waals surface area contributed by atoms with Crippen LogP contribution in [-0.4, -0.2) is 27.8 Å². The monoisotopic (exact) mass is 422 g/mol. The molecular formula is C26H31FN2O2. The molecule has 1 N–H and O–H groups in total. The van der Waals surface area contributed by atoms with Gasteiger partial charge in [-0.15, -0.1) is 0 Å². The third kappa shape index (κ3) is 6.86. The van der Waals surface area contributed by atoms with E-state index in [1.54, 1.807) is 12.3 Å². The molecule has 4 nitrogen and oxygen atoms in total. The third-order valence-corrected chi connectivity index (χ3v) is 5.28. The molecule has 0 amide bonds. The summed E-state index contributed by atoms with van der Waals surface area (Å²) in [5.41, 5.74) is 2.39. The first kappa shape index (κ1) is 22.9. The van der Waals surface area contributed by atoms with Crippen molar-refractivity contribution in [2.24, 2.45) is 0 Å². The summed E-state index contributed by atoms with van der Waals surface area (Å²) in [4.78, 5) is 9.02. The highest BCUT2D eigenvalue weighted by molar-refractivity contribution is 5.84.